The second-order valence-electron chi connectivity index (χ2n) is 11.2. The van der Waals surface area contributed by atoms with Gasteiger partial charge >= 0.3 is 0 Å². The first kappa shape index (κ1) is 30.7. The number of carbonyl (C=O) groups is 1. The third kappa shape index (κ3) is 7.44. The highest BCUT2D eigenvalue weighted by molar-refractivity contribution is 6.15. The molecule has 0 unspecified atom stereocenters. The van der Waals surface area contributed by atoms with Gasteiger partial charge in [0.2, 0.25) is 0 Å². The molecule has 1 aromatic rings. The minimum atomic E-state index is -0.118. The van der Waals surface area contributed by atoms with Gasteiger partial charge in [0.1, 0.15) is 0 Å². The Morgan fingerprint density at radius 3 is 2.50 bits per heavy atom. The summed E-state index contributed by atoms with van der Waals surface area (Å²) in [4.78, 5) is 24.9. The van der Waals surface area contributed by atoms with Crippen LogP contribution in [0, 0.1) is 5.41 Å². The lowest BCUT2D eigenvalue weighted by Crippen LogP contribution is -2.38. The SMILES string of the molecule is C=C/C(C)=C\Cc1cnc(C2=CC(=O)C(=C)CC(/C=C\C(=C/C)N3CCC(C)(C(=C)CC)CC3)=N2)cc1C(=C)C. The van der Waals surface area contributed by atoms with Crippen LogP contribution in [0.2, 0.25) is 0 Å². The molecule has 1 saturated heterocycles. The van der Waals surface area contributed by atoms with E-state index in [9.17, 15) is 4.79 Å². The smallest absolute Gasteiger partial charge is 0.183 e. The van der Waals surface area contributed by atoms with Gasteiger partial charge in [-0.15, -0.1) is 0 Å². The van der Waals surface area contributed by atoms with E-state index in [0.717, 1.165) is 72.5 Å². The first-order valence-corrected chi connectivity index (χ1v) is 14.2. The summed E-state index contributed by atoms with van der Waals surface area (Å²) in [6.07, 6.45) is 18.0. The molecule has 0 amide bonds. The van der Waals surface area contributed by atoms with Crippen LogP contribution in [-0.4, -0.2) is 34.5 Å². The summed E-state index contributed by atoms with van der Waals surface area (Å²) in [6.45, 7) is 29.0. The van der Waals surface area contributed by atoms with Crippen LogP contribution in [0.15, 0.2) is 102 Å². The van der Waals surface area contributed by atoms with Crippen molar-refractivity contribution in [3.8, 4) is 0 Å². The third-order valence-electron chi connectivity index (χ3n) is 8.20. The van der Waals surface area contributed by atoms with Crippen molar-refractivity contribution in [1.82, 2.24) is 9.88 Å². The molecule has 210 valence electrons. The largest absolute Gasteiger partial charge is 0.372 e. The van der Waals surface area contributed by atoms with Crippen LogP contribution in [0.4, 0.5) is 0 Å². The number of rotatable bonds is 10. The summed E-state index contributed by atoms with van der Waals surface area (Å²) in [5.74, 6) is -0.118. The maximum atomic E-state index is 12.9. The van der Waals surface area contributed by atoms with Crippen LogP contribution in [-0.2, 0) is 11.2 Å². The van der Waals surface area contributed by atoms with E-state index >= 15 is 0 Å². The van der Waals surface area contributed by atoms with Gasteiger partial charge < -0.3 is 4.90 Å². The molecule has 0 aromatic carbocycles. The molecule has 2 aliphatic rings. The Balaban J connectivity index is 1.88. The number of ketones is 1. The molecule has 0 spiro atoms. The number of hydrogen-bond acceptors (Lipinski definition) is 4. The van der Waals surface area contributed by atoms with Crippen molar-refractivity contribution < 1.29 is 4.79 Å². The normalized spacial score (nSPS) is 18.4. The Labute approximate surface area is 241 Å². The monoisotopic (exact) mass is 535 g/mol. The van der Waals surface area contributed by atoms with E-state index in [4.69, 9.17) is 9.98 Å². The van der Waals surface area contributed by atoms with Crippen molar-refractivity contribution in [2.45, 2.75) is 66.7 Å². The maximum absolute atomic E-state index is 12.9. The molecule has 3 rings (SSSR count). The molecule has 40 heavy (non-hydrogen) atoms. The number of aliphatic imine (C=N–C) groups is 1. The molecule has 3 heterocycles. The van der Waals surface area contributed by atoms with E-state index in [0.29, 0.717) is 23.4 Å². The van der Waals surface area contributed by atoms with Crippen molar-refractivity contribution in [3.63, 3.8) is 0 Å². The molecule has 0 aliphatic carbocycles. The average molecular weight is 536 g/mol. The molecule has 1 aromatic heterocycles. The van der Waals surface area contributed by atoms with Gasteiger partial charge in [0.05, 0.1) is 11.4 Å². The Morgan fingerprint density at radius 1 is 1.20 bits per heavy atom. The molecule has 0 bridgehead atoms. The first-order chi connectivity index (χ1) is 19.0. The summed E-state index contributed by atoms with van der Waals surface area (Å²) in [5, 5.41) is 0. The number of allylic oxidation sites excluding steroid dienone is 10. The zero-order valence-electron chi connectivity index (χ0n) is 25.1. The molecular weight excluding hydrogens is 490 g/mol. The van der Waals surface area contributed by atoms with Crippen LogP contribution < -0.4 is 0 Å². The predicted molar refractivity (Wildman–Crippen MR) is 172 cm³/mol. The third-order valence-corrected chi connectivity index (χ3v) is 8.20. The standard InChI is InChI=1S/C36H45N3O/c1-10-26(6)13-14-29-24-37-33(22-32(29)25(4)5)34-23-35(40)27(7)21-30(38-34)15-16-31(12-3)39-19-17-36(9,18-20-39)28(8)11-2/h10,12-13,15-16,22-24H,1,4,7-8,11,14,17-21H2,2-3,5-6,9H3/b16-15-,26-13-,31-12+. The molecule has 4 heteroatoms. The van der Waals surface area contributed by atoms with Gasteiger partial charge in [0.25, 0.3) is 0 Å². The molecule has 1 fully saturated rings. The van der Waals surface area contributed by atoms with Gasteiger partial charge in [0, 0.05) is 43.2 Å². The summed E-state index contributed by atoms with van der Waals surface area (Å²) in [6, 6.07) is 1.99. The van der Waals surface area contributed by atoms with Crippen LogP contribution in [0.3, 0.4) is 0 Å². The van der Waals surface area contributed by atoms with Crippen molar-refractivity contribution in [1.29, 1.82) is 0 Å². The van der Waals surface area contributed by atoms with E-state index in [1.165, 1.54) is 5.57 Å². The van der Waals surface area contributed by atoms with E-state index in [1.54, 1.807) is 6.08 Å². The maximum Gasteiger partial charge on any atom is 0.183 e. The highest BCUT2D eigenvalue weighted by atomic mass is 16.1. The minimum absolute atomic E-state index is 0.118. The number of carbonyl (C=O) groups excluding carboxylic acids is 1. The number of piperidine rings is 1. The Bertz CT molecular complexity index is 1350. The van der Waals surface area contributed by atoms with Crippen molar-refractivity contribution in [2.75, 3.05) is 13.1 Å². The molecule has 0 saturated carbocycles. The lowest BCUT2D eigenvalue weighted by atomic mass is 9.73. The van der Waals surface area contributed by atoms with E-state index in [2.05, 4.69) is 70.2 Å². The minimum Gasteiger partial charge on any atom is -0.372 e. The number of likely N-dealkylation sites (tertiary alicyclic amines) is 1. The van der Waals surface area contributed by atoms with Gasteiger partial charge in [0.15, 0.2) is 5.78 Å². The second kappa shape index (κ2) is 13.5. The molecule has 0 N–H and O–H groups in total. The van der Waals surface area contributed by atoms with E-state index in [1.807, 2.05) is 38.3 Å². The quantitative estimate of drug-likeness (QED) is 0.171. The number of hydrogen-bond donors (Lipinski definition) is 0. The van der Waals surface area contributed by atoms with Crippen LogP contribution in [0.1, 0.15) is 77.1 Å². The van der Waals surface area contributed by atoms with Gasteiger partial charge in [-0.2, -0.15) is 0 Å². The topological polar surface area (TPSA) is 45.6 Å². The summed E-state index contributed by atoms with van der Waals surface area (Å²) >= 11 is 0. The Kier molecular flexibility index (Phi) is 10.4. The second-order valence-corrected chi connectivity index (χ2v) is 11.2. The van der Waals surface area contributed by atoms with E-state index < -0.39 is 0 Å². The highest BCUT2D eigenvalue weighted by Crippen LogP contribution is 2.39. The zero-order chi connectivity index (χ0) is 29.4. The predicted octanol–water partition coefficient (Wildman–Crippen LogP) is 8.63. The lowest BCUT2D eigenvalue weighted by molar-refractivity contribution is -0.111. The fraction of sp³-hybridized carbons (Fsp3) is 0.361. The summed E-state index contributed by atoms with van der Waals surface area (Å²) in [5.41, 5.74) is 9.36. The molecule has 0 radical (unpaired) electrons. The summed E-state index contributed by atoms with van der Waals surface area (Å²) < 4.78 is 0. The average Bonchev–Trinajstić information content (AvgIpc) is 3.09. The molecular formula is C36H45N3O. The van der Waals surface area contributed by atoms with E-state index in [-0.39, 0.29) is 11.2 Å². The number of pyridine rings is 1. The first-order valence-electron chi connectivity index (χ1n) is 14.2. The van der Waals surface area contributed by atoms with Crippen molar-refractivity contribution in [3.05, 3.63) is 114 Å². The van der Waals surface area contributed by atoms with Crippen molar-refractivity contribution >= 4 is 22.8 Å². The fourth-order valence-electron chi connectivity index (χ4n) is 5.13. The molecule has 4 nitrogen and oxygen atoms in total. The highest BCUT2D eigenvalue weighted by Gasteiger charge is 2.32. The van der Waals surface area contributed by atoms with Gasteiger partial charge in [-0.1, -0.05) is 75.1 Å². The fourth-order valence-corrected chi connectivity index (χ4v) is 5.13. The van der Waals surface area contributed by atoms with Crippen LogP contribution in [0.5, 0.6) is 0 Å². The summed E-state index contributed by atoms with van der Waals surface area (Å²) in [7, 11) is 0. The zero-order valence-corrected chi connectivity index (χ0v) is 25.1. The number of aromatic nitrogens is 1. The molecule has 2 aliphatic heterocycles. The van der Waals surface area contributed by atoms with Crippen LogP contribution >= 0.6 is 0 Å². The lowest BCUT2D eigenvalue weighted by Gasteiger charge is -2.42. The van der Waals surface area contributed by atoms with Gasteiger partial charge in [-0.3, -0.25) is 14.8 Å². The molecule has 0 atom stereocenters. The van der Waals surface area contributed by atoms with Gasteiger partial charge in [-0.25, -0.2) is 0 Å². The Morgan fingerprint density at radius 2 is 1.90 bits per heavy atom. The number of nitrogens with zero attached hydrogens (tertiary/aromatic N) is 3. The van der Waals surface area contributed by atoms with Crippen LogP contribution in [0.25, 0.3) is 11.3 Å². The van der Waals surface area contributed by atoms with Gasteiger partial charge in [-0.05, 0) is 86.8 Å². The van der Waals surface area contributed by atoms with Crippen molar-refractivity contribution in [2.24, 2.45) is 10.4 Å². The Hall–Kier alpha value is -3.79.